The summed E-state index contributed by atoms with van der Waals surface area (Å²) in [6.45, 7) is 1.86. The standard InChI is InChI=1S/C20H23N5O3S/c1-12-18-16(11-17(13-5-6-13)22-19(18)25(4)23-12)20(26)21-14-7-9-15(10-8-14)29(27,28)24(2)3/h7-11,13H,5-6H2,1-4H3,(H,21,26). The minimum atomic E-state index is -3.51. The van der Waals surface area contributed by atoms with Gasteiger partial charge in [-0.1, -0.05) is 0 Å². The Morgan fingerprint density at radius 3 is 2.45 bits per heavy atom. The predicted octanol–water partition coefficient (Wildman–Crippen LogP) is 2.66. The van der Waals surface area contributed by atoms with Crippen LogP contribution < -0.4 is 5.32 Å². The van der Waals surface area contributed by atoms with E-state index in [4.69, 9.17) is 4.98 Å². The molecule has 1 aromatic carbocycles. The van der Waals surface area contributed by atoms with Crippen LogP contribution >= 0.6 is 0 Å². The van der Waals surface area contributed by atoms with Gasteiger partial charge in [0, 0.05) is 38.4 Å². The van der Waals surface area contributed by atoms with E-state index in [0.717, 1.165) is 33.9 Å². The Balaban J connectivity index is 1.68. The highest BCUT2D eigenvalue weighted by Crippen LogP contribution is 2.40. The van der Waals surface area contributed by atoms with E-state index in [1.54, 1.807) is 16.8 Å². The van der Waals surface area contributed by atoms with E-state index in [-0.39, 0.29) is 10.8 Å². The van der Waals surface area contributed by atoms with Gasteiger partial charge in [0.1, 0.15) is 0 Å². The second kappa shape index (κ2) is 6.93. The average Bonchev–Trinajstić information content (AvgIpc) is 3.48. The molecule has 0 aliphatic heterocycles. The van der Waals surface area contributed by atoms with Crippen molar-refractivity contribution in [3.05, 3.63) is 47.3 Å². The van der Waals surface area contributed by atoms with Crippen molar-refractivity contribution in [3.8, 4) is 0 Å². The quantitative estimate of drug-likeness (QED) is 0.694. The number of nitrogens with one attached hydrogen (secondary N) is 1. The van der Waals surface area contributed by atoms with Gasteiger partial charge in [-0.3, -0.25) is 9.48 Å². The van der Waals surface area contributed by atoms with E-state index >= 15 is 0 Å². The van der Waals surface area contributed by atoms with Crippen LogP contribution in [0.3, 0.4) is 0 Å². The fraction of sp³-hybridized carbons (Fsp3) is 0.350. The number of fused-ring (bicyclic) bond motifs is 1. The molecule has 0 spiro atoms. The number of anilines is 1. The van der Waals surface area contributed by atoms with Crippen molar-refractivity contribution in [1.29, 1.82) is 0 Å². The average molecular weight is 414 g/mol. The summed E-state index contributed by atoms with van der Waals surface area (Å²) < 4.78 is 27.3. The summed E-state index contributed by atoms with van der Waals surface area (Å²) in [7, 11) is 1.27. The second-order valence-corrected chi connectivity index (χ2v) is 9.69. The zero-order chi connectivity index (χ0) is 20.9. The molecular formula is C20H23N5O3S. The summed E-state index contributed by atoms with van der Waals surface area (Å²) in [6, 6.07) is 8.00. The topological polar surface area (TPSA) is 97.2 Å². The number of aromatic nitrogens is 3. The summed E-state index contributed by atoms with van der Waals surface area (Å²) in [5, 5.41) is 8.03. The Morgan fingerprint density at radius 1 is 1.21 bits per heavy atom. The molecule has 9 heteroatoms. The van der Waals surface area contributed by atoms with E-state index < -0.39 is 10.0 Å². The second-order valence-electron chi connectivity index (χ2n) is 7.54. The SMILES string of the molecule is Cc1nn(C)c2nc(C3CC3)cc(C(=O)Nc3ccc(S(=O)(=O)N(C)C)cc3)c12. The maximum Gasteiger partial charge on any atom is 0.256 e. The lowest BCUT2D eigenvalue weighted by molar-refractivity contribution is 0.102. The van der Waals surface area contributed by atoms with Crippen molar-refractivity contribution in [2.24, 2.45) is 7.05 Å². The molecule has 1 aliphatic rings. The molecule has 4 rings (SSSR count). The van der Waals surface area contributed by atoms with Gasteiger partial charge in [-0.05, 0) is 50.1 Å². The zero-order valence-electron chi connectivity index (χ0n) is 16.8. The minimum absolute atomic E-state index is 0.172. The minimum Gasteiger partial charge on any atom is -0.322 e. The Kier molecular flexibility index (Phi) is 4.66. The fourth-order valence-corrected chi connectivity index (χ4v) is 4.25. The summed E-state index contributed by atoms with van der Waals surface area (Å²) in [4.78, 5) is 18.0. The number of hydrogen-bond acceptors (Lipinski definition) is 5. The molecule has 152 valence electrons. The number of benzene rings is 1. The molecule has 2 aromatic heterocycles. The van der Waals surface area contributed by atoms with Gasteiger partial charge in [0.15, 0.2) is 5.65 Å². The summed E-state index contributed by atoms with van der Waals surface area (Å²) in [5.41, 5.74) is 3.41. The largest absolute Gasteiger partial charge is 0.322 e. The van der Waals surface area contributed by atoms with Crippen LogP contribution in [0, 0.1) is 6.92 Å². The molecule has 3 aromatic rings. The van der Waals surface area contributed by atoms with E-state index in [9.17, 15) is 13.2 Å². The smallest absolute Gasteiger partial charge is 0.256 e. The van der Waals surface area contributed by atoms with Crippen molar-refractivity contribution >= 4 is 32.7 Å². The van der Waals surface area contributed by atoms with Crippen LogP contribution in [0.15, 0.2) is 35.2 Å². The molecular weight excluding hydrogens is 390 g/mol. The van der Waals surface area contributed by atoms with Crippen LogP contribution in [0.1, 0.15) is 40.5 Å². The molecule has 8 nitrogen and oxygen atoms in total. The van der Waals surface area contributed by atoms with Crippen LogP contribution in [0.4, 0.5) is 5.69 Å². The molecule has 1 saturated carbocycles. The number of amides is 1. The Labute approximate surface area is 169 Å². The van der Waals surface area contributed by atoms with Gasteiger partial charge in [0.2, 0.25) is 10.0 Å². The lowest BCUT2D eigenvalue weighted by atomic mass is 10.1. The van der Waals surface area contributed by atoms with Gasteiger partial charge >= 0.3 is 0 Å². The monoisotopic (exact) mass is 413 g/mol. The normalized spacial score (nSPS) is 14.5. The molecule has 0 atom stereocenters. The molecule has 1 N–H and O–H groups in total. The van der Waals surface area contributed by atoms with Gasteiger partial charge in [0.05, 0.1) is 21.5 Å². The maximum absolute atomic E-state index is 13.1. The molecule has 29 heavy (non-hydrogen) atoms. The van der Waals surface area contributed by atoms with Crippen LogP contribution in [0.2, 0.25) is 0 Å². The van der Waals surface area contributed by atoms with Gasteiger partial charge in [-0.15, -0.1) is 0 Å². The number of pyridine rings is 1. The fourth-order valence-electron chi connectivity index (χ4n) is 3.35. The van der Waals surface area contributed by atoms with Crippen LogP contribution in [0.25, 0.3) is 11.0 Å². The highest BCUT2D eigenvalue weighted by atomic mass is 32.2. The predicted molar refractivity (Wildman–Crippen MR) is 110 cm³/mol. The van der Waals surface area contributed by atoms with Crippen molar-refractivity contribution < 1.29 is 13.2 Å². The lowest BCUT2D eigenvalue weighted by Gasteiger charge is -2.12. The third kappa shape index (κ3) is 3.51. The van der Waals surface area contributed by atoms with E-state index in [1.165, 1.54) is 26.2 Å². The molecule has 0 unspecified atom stereocenters. The van der Waals surface area contributed by atoms with Crippen LogP contribution in [0.5, 0.6) is 0 Å². The van der Waals surface area contributed by atoms with Gasteiger partial charge in [-0.25, -0.2) is 17.7 Å². The molecule has 1 fully saturated rings. The highest BCUT2D eigenvalue weighted by molar-refractivity contribution is 7.89. The first-order chi connectivity index (χ1) is 13.7. The molecule has 1 amide bonds. The van der Waals surface area contributed by atoms with Crippen molar-refractivity contribution in [2.45, 2.75) is 30.6 Å². The molecule has 0 bridgehead atoms. The summed E-state index contributed by atoms with van der Waals surface area (Å²) in [6.07, 6.45) is 2.16. The first kappa shape index (κ1) is 19.5. The first-order valence-corrected chi connectivity index (χ1v) is 10.8. The Morgan fingerprint density at radius 2 is 1.86 bits per heavy atom. The summed E-state index contributed by atoms with van der Waals surface area (Å²) in [5.74, 6) is 0.135. The number of nitrogens with zero attached hydrogens (tertiary/aromatic N) is 4. The third-order valence-corrected chi connectivity index (χ3v) is 6.95. The number of sulfonamides is 1. The number of aryl methyl sites for hydroxylation is 2. The van der Waals surface area contributed by atoms with Gasteiger partial charge < -0.3 is 5.32 Å². The van der Waals surface area contributed by atoms with Crippen molar-refractivity contribution in [2.75, 3.05) is 19.4 Å². The van der Waals surface area contributed by atoms with E-state index in [0.29, 0.717) is 22.8 Å². The number of carbonyl (C=O) groups is 1. The maximum atomic E-state index is 13.1. The van der Waals surface area contributed by atoms with Gasteiger partial charge in [0.25, 0.3) is 5.91 Å². The molecule has 0 saturated heterocycles. The zero-order valence-corrected chi connectivity index (χ0v) is 17.6. The van der Waals surface area contributed by atoms with Crippen LogP contribution in [-0.2, 0) is 17.1 Å². The number of carbonyl (C=O) groups excluding carboxylic acids is 1. The summed E-state index contributed by atoms with van der Waals surface area (Å²) >= 11 is 0. The molecule has 2 heterocycles. The van der Waals surface area contributed by atoms with Crippen molar-refractivity contribution in [3.63, 3.8) is 0 Å². The van der Waals surface area contributed by atoms with Gasteiger partial charge in [-0.2, -0.15) is 5.10 Å². The Hall–Kier alpha value is -2.78. The molecule has 1 aliphatic carbocycles. The third-order valence-electron chi connectivity index (χ3n) is 5.12. The number of rotatable bonds is 5. The first-order valence-electron chi connectivity index (χ1n) is 9.36. The van der Waals surface area contributed by atoms with E-state index in [1.807, 2.05) is 20.0 Å². The van der Waals surface area contributed by atoms with E-state index in [2.05, 4.69) is 10.4 Å². The lowest BCUT2D eigenvalue weighted by Crippen LogP contribution is -2.22. The van der Waals surface area contributed by atoms with Crippen molar-refractivity contribution in [1.82, 2.24) is 19.1 Å². The number of hydrogen-bond donors (Lipinski definition) is 1. The van der Waals surface area contributed by atoms with Crippen LogP contribution in [-0.4, -0.2) is 47.5 Å². The highest BCUT2D eigenvalue weighted by Gasteiger charge is 2.28. The molecule has 0 radical (unpaired) electrons. The Bertz CT molecular complexity index is 1210.